The number of piperazine rings is 1. The summed E-state index contributed by atoms with van der Waals surface area (Å²) in [6, 6.07) is 18.8. The molecule has 1 fully saturated rings. The molecular formula is C20H21N3O. The van der Waals surface area contributed by atoms with Gasteiger partial charge < -0.3 is 9.64 Å². The topological polar surface area (TPSA) is 37.4 Å². The first kappa shape index (κ1) is 15.1. The lowest BCUT2D eigenvalue weighted by Crippen LogP contribution is -2.52. The molecule has 1 aliphatic rings. The minimum absolute atomic E-state index is 0.0380. The Bertz CT molecular complexity index is 801. The number of hydrogen-bond acceptors (Lipinski definition) is 4. The molecule has 1 aromatic heterocycles. The quantitative estimate of drug-likeness (QED) is 0.801. The van der Waals surface area contributed by atoms with Crippen molar-refractivity contribution in [1.29, 1.82) is 0 Å². The Morgan fingerprint density at radius 2 is 2.00 bits per heavy atom. The summed E-state index contributed by atoms with van der Waals surface area (Å²) in [6.07, 6.45) is 3.82. The molecule has 122 valence electrons. The van der Waals surface area contributed by atoms with E-state index in [4.69, 9.17) is 4.74 Å². The third kappa shape index (κ3) is 3.25. The summed E-state index contributed by atoms with van der Waals surface area (Å²) in [4.78, 5) is 6.62. The predicted molar refractivity (Wildman–Crippen MR) is 97.0 cm³/mol. The van der Waals surface area contributed by atoms with E-state index in [0.717, 1.165) is 19.6 Å². The highest BCUT2D eigenvalue weighted by molar-refractivity contribution is 5.93. The van der Waals surface area contributed by atoms with Crippen LogP contribution in [0.25, 0.3) is 10.8 Å². The molecule has 1 aliphatic heterocycles. The molecule has 2 heterocycles. The van der Waals surface area contributed by atoms with Crippen LogP contribution in [0.4, 0.5) is 5.69 Å². The Hall–Kier alpha value is -2.43. The van der Waals surface area contributed by atoms with Gasteiger partial charge in [0.25, 0.3) is 0 Å². The molecule has 1 atom stereocenters. The third-order valence-electron chi connectivity index (χ3n) is 4.43. The van der Waals surface area contributed by atoms with Crippen LogP contribution in [0.15, 0.2) is 67.0 Å². The van der Waals surface area contributed by atoms with Crippen LogP contribution in [0.5, 0.6) is 0 Å². The number of fused-ring (bicyclic) bond motifs is 1. The standard InChI is InChI=1S/C20H21N3O/c1-2-5-16(6-3-1)15-24-20-14-23(12-11-22-20)19-8-4-7-17-13-21-10-9-18(17)19/h1-10,13,20,22H,11-12,14-15H2. The molecule has 1 unspecified atom stereocenters. The molecule has 4 heteroatoms. The maximum atomic E-state index is 6.07. The third-order valence-corrected chi connectivity index (χ3v) is 4.43. The minimum atomic E-state index is 0.0380. The second-order valence-corrected chi connectivity index (χ2v) is 6.06. The van der Waals surface area contributed by atoms with E-state index < -0.39 is 0 Å². The van der Waals surface area contributed by atoms with Gasteiger partial charge in [0.15, 0.2) is 0 Å². The average molecular weight is 319 g/mol. The van der Waals surface area contributed by atoms with Gasteiger partial charge in [-0.15, -0.1) is 0 Å². The smallest absolute Gasteiger partial charge is 0.126 e. The summed E-state index contributed by atoms with van der Waals surface area (Å²) in [5.74, 6) is 0. The van der Waals surface area contributed by atoms with Crippen molar-refractivity contribution in [2.24, 2.45) is 0 Å². The van der Waals surface area contributed by atoms with E-state index in [1.807, 2.05) is 30.6 Å². The van der Waals surface area contributed by atoms with Crippen molar-refractivity contribution >= 4 is 16.5 Å². The highest BCUT2D eigenvalue weighted by Gasteiger charge is 2.21. The fraction of sp³-hybridized carbons (Fsp3) is 0.250. The highest BCUT2D eigenvalue weighted by atomic mass is 16.5. The number of aromatic nitrogens is 1. The largest absolute Gasteiger partial charge is 0.366 e. The van der Waals surface area contributed by atoms with Crippen LogP contribution in [0, 0.1) is 0 Å². The number of hydrogen-bond donors (Lipinski definition) is 1. The molecule has 1 N–H and O–H groups in total. The van der Waals surface area contributed by atoms with Gasteiger partial charge in [0, 0.05) is 41.9 Å². The number of nitrogens with zero attached hydrogens (tertiary/aromatic N) is 2. The fourth-order valence-corrected chi connectivity index (χ4v) is 3.20. The van der Waals surface area contributed by atoms with E-state index in [1.54, 1.807) is 0 Å². The van der Waals surface area contributed by atoms with Crippen LogP contribution in [0.3, 0.4) is 0 Å². The van der Waals surface area contributed by atoms with Gasteiger partial charge in [-0.3, -0.25) is 10.3 Å². The van der Waals surface area contributed by atoms with Gasteiger partial charge in [0.1, 0.15) is 6.23 Å². The number of anilines is 1. The highest BCUT2D eigenvalue weighted by Crippen LogP contribution is 2.27. The molecule has 2 aromatic carbocycles. The van der Waals surface area contributed by atoms with Crippen molar-refractivity contribution < 1.29 is 4.74 Å². The predicted octanol–water partition coefficient (Wildman–Crippen LogP) is 3.19. The molecule has 3 aromatic rings. The summed E-state index contributed by atoms with van der Waals surface area (Å²) < 4.78 is 6.07. The SMILES string of the molecule is c1ccc(COC2CN(c3cccc4cnccc34)CCN2)cc1. The zero-order valence-electron chi connectivity index (χ0n) is 13.6. The van der Waals surface area contributed by atoms with Crippen LogP contribution in [-0.4, -0.2) is 30.8 Å². The summed E-state index contributed by atoms with van der Waals surface area (Å²) >= 11 is 0. The molecular weight excluding hydrogens is 298 g/mol. The number of nitrogens with one attached hydrogen (secondary N) is 1. The Kier molecular flexibility index (Phi) is 4.40. The zero-order valence-corrected chi connectivity index (χ0v) is 13.6. The number of pyridine rings is 1. The molecule has 1 saturated heterocycles. The summed E-state index contributed by atoms with van der Waals surface area (Å²) in [7, 11) is 0. The number of ether oxygens (including phenoxy) is 1. The molecule has 4 nitrogen and oxygen atoms in total. The Morgan fingerprint density at radius 1 is 1.08 bits per heavy atom. The van der Waals surface area contributed by atoms with Crippen molar-refractivity contribution in [3.63, 3.8) is 0 Å². The van der Waals surface area contributed by atoms with Gasteiger partial charge in [-0.05, 0) is 17.7 Å². The van der Waals surface area contributed by atoms with Gasteiger partial charge in [-0.1, -0.05) is 42.5 Å². The van der Waals surface area contributed by atoms with Crippen molar-refractivity contribution in [1.82, 2.24) is 10.3 Å². The molecule has 0 spiro atoms. The van der Waals surface area contributed by atoms with E-state index in [0.29, 0.717) is 6.61 Å². The second kappa shape index (κ2) is 6.99. The van der Waals surface area contributed by atoms with Crippen molar-refractivity contribution in [3.8, 4) is 0 Å². The van der Waals surface area contributed by atoms with Crippen molar-refractivity contribution in [2.45, 2.75) is 12.8 Å². The molecule has 0 saturated carbocycles. The van der Waals surface area contributed by atoms with Crippen LogP contribution in [-0.2, 0) is 11.3 Å². The number of benzene rings is 2. The molecule has 0 amide bonds. The van der Waals surface area contributed by atoms with Crippen LogP contribution >= 0.6 is 0 Å². The lowest BCUT2D eigenvalue weighted by Gasteiger charge is -2.35. The van der Waals surface area contributed by atoms with E-state index >= 15 is 0 Å². The van der Waals surface area contributed by atoms with E-state index in [9.17, 15) is 0 Å². The maximum absolute atomic E-state index is 6.07. The Labute approximate surface area is 142 Å². The van der Waals surface area contributed by atoms with Crippen LogP contribution in [0.1, 0.15) is 5.56 Å². The average Bonchev–Trinajstić information content (AvgIpc) is 2.67. The fourth-order valence-electron chi connectivity index (χ4n) is 3.20. The van der Waals surface area contributed by atoms with Crippen LogP contribution < -0.4 is 10.2 Å². The van der Waals surface area contributed by atoms with Gasteiger partial charge in [0.2, 0.25) is 0 Å². The van der Waals surface area contributed by atoms with Gasteiger partial charge >= 0.3 is 0 Å². The van der Waals surface area contributed by atoms with Crippen molar-refractivity contribution in [2.75, 3.05) is 24.5 Å². The summed E-state index contributed by atoms with van der Waals surface area (Å²) in [5.41, 5.74) is 2.46. The second-order valence-electron chi connectivity index (χ2n) is 6.06. The Morgan fingerprint density at radius 3 is 2.92 bits per heavy atom. The molecule has 0 aliphatic carbocycles. The van der Waals surface area contributed by atoms with Crippen LogP contribution in [0.2, 0.25) is 0 Å². The first-order chi connectivity index (χ1) is 11.9. The van der Waals surface area contributed by atoms with Gasteiger partial charge in [-0.2, -0.15) is 0 Å². The van der Waals surface area contributed by atoms with Gasteiger partial charge in [0.05, 0.1) is 13.2 Å². The van der Waals surface area contributed by atoms with E-state index in [1.165, 1.54) is 22.0 Å². The first-order valence-corrected chi connectivity index (χ1v) is 8.37. The lowest BCUT2D eigenvalue weighted by molar-refractivity contribution is 0.0161. The monoisotopic (exact) mass is 319 g/mol. The first-order valence-electron chi connectivity index (χ1n) is 8.37. The molecule has 0 bridgehead atoms. The number of rotatable bonds is 4. The zero-order chi connectivity index (χ0) is 16.2. The summed E-state index contributed by atoms with van der Waals surface area (Å²) in [6.45, 7) is 3.37. The maximum Gasteiger partial charge on any atom is 0.126 e. The minimum Gasteiger partial charge on any atom is -0.366 e. The molecule has 24 heavy (non-hydrogen) atoms. The summed E-state index contributed by atoms with van der Waals surface area (Å²) in [5, 5.41) is 5.88. The normalized spacial score (nSPS) is 18.0. The van der Waals surface area contributed by atoms with E-state index in [-0.39, 0.29) is 6.23 Å². The molecule has 0 radical (unpaired) electrons. The molecule has 4 rings (SSSR count). The Balaban J connectivity index is 1.48. The van der Waals surface area contributed by atoms with Gasteiger partial charge in [-0.25, -0.2) is 0 Å². The lowest BCUT2D eigenvalue weighted by atomic mass is 10.1. The van der Waals surface area contributed by atoms with Crippen molar-refractivity contribution in [3.05, 3.63) is 72.6 Å². The van der Waals surface area contributed by atoms with E-state index in [2.05, 4.69) is 51.6 Å².